The molecule has 0 aromatic carbocycles. The van der Waals surface area contributed by atoms with Crippen molar-refractivity contribution in [3.63, 3.8) is 0 Å². The lowest BCUT2D eigenvalue weighted by molar-refractivity contribution is -0.137. The quantitative estimate of drug-likeness (QED) is 0.796. The Hall–Kier alpha value is -0.610. The second-order valence-corrected chi connectivity index (χ2v) is 5.39. The van der Waals surface area contributed by atoms with Crippen molar-refractivity contribution in [3.8, 4) is 0 Å². The minimum Gasteiger partial charge on any atom is -0.481 e. The lowest BCUT2D eigenvalue weighted by atomic mass is 9.84. The van der Waals surface area contributed by atoms with Gasteiger partial charge in [0.25, 0.3) is 0 Å². The van der Waals surface area contributed by atoms with Gasteiger partial charge in [-0.3, -0.25) is 4.79 Å². The van der Waals surface area contributed by atoms with Gasteiger partial charge in [0.1, 0.15) is 0 Å². The van der Waals surface area contributed by atoms with Gasteiger partial charge in [0.05, 0.1) is 6.10 Å². The van der Waals surface area contributed by atoms with E-state index in [4.69, 9.17) is 9.84 Å². The first kappa shape index (κ1) is 12.8. The third-order valence-corrected chi connectivity index (χ3v) is 4.34. The average Bonchev–Trinajstić information content (AvgIpc) is 2.26. The molecule has 0 aromatic heterocycles. The molecule has 0 spiro atoms. The van der Waals surface area contributed by atoms with Crippen LogP contribution in [0.1, 0.15) is 38.5 Å². The van der Waals surface area contributed by atoms with Crippen LogP contribution in [0.15, 0.2) is 0 Å². The zero-order valence-electron chi connectivity index (χ0n) is 10.6. The number of piperidine rings is 1. The van der Waals surface area contributed by atoms with Crippen LogP contribution in [0.25, 0.3) is 0 Å². The van der Waals surface area contributed by atoms with E-state index < -0.39 is 5.97 Å². The Labute approximate surface area is 103 Å². The third kappa shape index (κ3) is 3.42. The third-order valence-electron chi connectivity index (χ3n) is 4.34. The molecular weight excluding hydrogens is 218 g/mol. The Morgan fingerprint density at radius 2 is 2.00 bits per heavy atom. The summed E-state index contributed by atoms with van der Waals surface area (Å²) >= 11 is 0. The Balaban J connectivity index is 1.63. The number of ether oxygens (including phenoxy) is 1. The number of carbonyl (C=O) groups is 1. The molecule has 1 heterocycles. The zero-order valence-corrected chi connectivity index (χ0v) is 10.6. The van der Waals surface area contributed by atoms with Gasteiger partial charge in [-0.25, -0.2) is 0 Å². The predicted octanol–water partition coefficient (Wildman–Crippen LogP) is 1.74. The van der Waals surface area contributed by atoms with Crippen molar-refractivity contribution in [1.29, 1.82) is 0 Å². The zero-order chi connectivity index (χ0) is 12.3. The molecule has 17 heavy (non-hydrogen) atoms. The normalized spacial score (nSPS) is 31.1. The molecule has 4 heteroatoms. The number of hydrogen-bond acceptors (Lipinski definition) is 3. The molecule has 1 saturated carbocycles. The van der Waals surface area contributed by atoms with Gasteiger partial charge in [-0.1, -0.05) is 0 Å². The Bertz CT molecular complexity index is 255. The van der Waals surface area contributed by atoms with Crippen molar-refractivity contribution < 1.29 is 14.6 Å². The topological polar surface area (TPSA) is 49.8 Å². The van der Waals surface area contributed by atoms with Gasteiger partial charge in [0, 0.05) is 19.6 Å². The number of aliphatic carboxylic acids is 1. The van der Waals surface area contributed by atoms with Crippen molar-refractivity contribution in [1.82, 2.24) is 4.90 Å². The number of nitrogens with zero attached hydrogens (tertiary/aromatic N) is 1. The SMILES string of the molecule is COC1CC(N2CCC(CCC(=O)O)CC2)C1. The number of hydrogen-bond donors (Lipinski definition) is 1. The highest BCUT2D eigenvalue weighted by Crippen LogP contribution is 2.32. The van der Waals surface area contributed by atoms with Crippen molar-refractivity contribution in [2.24, 2.45) is 5.92 Å². The largest absolute Gasteiger partial charge is 0.481 e. The summed E-state index contributed by atoms with van der Waals surface area (Å²) in [6.45, 7) is 2.29. The second-order valence-electron chi connectivity index (χ2n) is 5.39. The van der Waals surface area contributed by atoms with Crippen molar-refractivity contribution in [3.05, 3.63) is 0 Å². The summed E-state index contributed by atoms with van der Waals surface area (Å²) in [5, 5.41) is 8.66. The molecule has 1 N–H and O–H groups in total. The van der Waals surface area contributed by atoms with Gasteiger partial charge >= 0.3 is 5.97 Å². The maximum atomic E-state index is 10.5. The molecule has 0 bridgehead atoms. The molecular formula is C13H23NO3. The highest BCUT2D eigenvalue weighted by molar-refractivity contribution is 5.66. The second kappa shape index (κ2) is 5.83. The Morgan fingerprint density at radius 1 is 1.35 bits per heavy atom. The summed E-state index contributed by atoms with van der Waals surface area (Å²) in [4.78, 5) is 13.1. The molecule has 0 amide bonds. The summed E-state index contributed by atoms with van der Waals surface area (Å²) in [7, 11) is 1.79. The van der Waals surface area contributed by atoms with Crippen molar-refractivity contribution >= 4 is 5.97 Å². The van der Waals surface area contributed by atoms with Gasteiger partial charge in [-0.2, -0.15) is 0 Å². The number of carboxylic acid groups (broad SMARTS) is 1. The van der Waals surface area contributed by atoms with E-state index in [9.17, 15) is 4.79 Å². The smallest absolute Gasteiger partial charge is 0.303 e. The molecule has 1 aliphatic heterocycles. The molecule has 98 valence electrons. The van der Waals surface area contributed by atoms with E-state index in [2.05, 4.69) is 4.90 Å². The Kier molecular flexibility index (Phi) is 4.40. The average molecular weight is 241 g/mol. The van der Waals surface area contributed by atoms with E-state index in [1.807, 2.05) is 0 Å². The van der Waals surface area contributed by atoms with E-state index in [0.717, 1.165) is 25.6 Å². The van der Waals surface area contributed by atoms with Crippen LogP contribution in [-0.4, -0.2) is 48.3 Å². The number of rotatable bonds is 5. The maximum absolute atomic E-state index is 10.5. The minimum absolute atomic E-state index is 0.333. The number of likely N-dealkylation sites (tertiary alicyclic amines) is 1. The van der Waals surface area contributed by atoms with Crippen molar-refractivity contribution in [2.75, 3.05) is 20.2 Å². The van der Waals surface area contributed by atoms with E-state index in [1.54, 1.807) is 7.11 Å². The van der Waals surface area contributed by atoms with Gasteiger partial charge in [0.2, 0.25) is 0 Å². The van der Waals surface area contributed by atoms with E-state index in [-0.39, 0.29) is 0 Å². The van der Waals surface area contributed by atoms with Crippen LogP contribution in [0.5, 0.6) is 0 Å². The fourth-order valence-electron chi connectivity index (χ4n) is 2.96. The van der Waals surface area contributed by atoms with E-state index in [1.165, 1.54) is 25.7 Å². The van der Waals surface area contributed by atoms with Gasteiger partial charge in [-0.15, -0.1) is 0 Å². The van der Waals surface area contributed by atoms with Gasteiger partial charge < -0.3 is 14.7 Å². The van der Waals surface area contributed by atoms with Crippen LogP contribution in [0, 0.1) is 5.92 Å². The molecule has 2 rings (SSSR count). The first-order chi connectivity index (χ1) is 8.19. The summed E-state index contributed by atoms with van der Waals surface area (Å²) in [6, 6.07) is 0.723. The standard InChI is InChI=1S/C13H23NO3/c1-17-12-8-11(9-12)14-6-4-10(5-7-14)2-3-13(15)16/h10-12H,2-9H2,1H3,(H,15,16). The predicted molar refractivity (Wildman–Crippen MR) is 65.0 cm³/mol. The molecule has 4 nitrogen and oxygen atoms in total. The molecule has 0 unspecified atom stereocenters. The van der Waals surface area contributed by atoms with Crippen LogP contribution < -0.4 is 0 Å². The molecule has 2 aliphatic rings. The minimum atomic E-state index is -0.658. The van der Waals surface area contributed by atoms with Gasteiger partial charge in [-0.05, 0) is 51.1 Å². The van der Waals surface area contributed by atoms with Gasteiger partial charge in [0.15, 0.2) is 0 Å². The molecule has 0 radical (unpaired) electrons. The summed E-state index contributed by atoms with van der Waals surface area (Å²) in [5.74, 6) is -0.0324. The van der Waals surface area contributed by atoms with Crippen molar-refractivity contribution in [2.45, 2.75) is 50.7 Å². The molecule has 0 aromatic rings. The monoisotopic (exact) mass is 241 g/mol. The number of methoxy groups -OCH3 is 1. The number of carboxylic acids is 1. The van der Waals surface area contributed by atoms with E-state index in [0.29, 0.717) is 18.4 Å². The van der Waals surface area contributed by atoms with Crippen LogP contribution in [-0.2, 0) is 9.53 Å². The van der Waals surface area contributed by atoms with E-state index >= 15 is 0 Å². The molecule has 1 saturated heterocycles. The van der Waals surface area contributed by atoms with Crippen LogP contribution in [0.3, 0.4) is 0 Å². The lowest BCUT2D eigenvalue weighted by Crippen LogP contribution is -2.50. The highest BCUT2D eigenvalue weighted by Gasteiger charge is 2.35. The van der Waals surface area contributed by atoms with Crippen LogP contribution in [0.2, 0.25) is 0 Å². The summed E-state index contributed by atoms with van der Waals surface area (Å²) in [5.41, 5.74) is 0. The first-order valence-electron chi connectivity index (χ1n) is 6.67. The van der Waals surface area contributed by atoms with Crippen LogP contribution >= 0.6 is 0 Å². The molecule has 2 fully saturated rings. The summed E-state index contributed by atoms with van der Waals surface area (Å²) in [6.07, 6.45) is 6.36. The Morgan fingerprint density at radius 3 is 2.53 bits per heavy atom. The lowest BCUT2D eigenvalue weighted by Gasteiger charge is -2.45. The fraction of sp³-hybridized carbons (Fsp3) is 0.923. The summed E-state index contributed by atoms with van der Waals surface area (Å²) < 4.78 is 5.30. The highest BCUT2D eigenvalue weighted by atomic mass is 16.5. The fourth-order valence-corrected chi connectivity index (χ4v) is 2.96. The van der Waals surface area contributed by atoms with Crippen LogP contribution in [0.4, 0.5) is 0 Å². The first-order valence-corrected chi connectivity index (χ1v) is 6.67. The molecule has 0 atom stereocenters. The maximum Gasteiger partial charge on any atom is 0.303 e. The molecule has 1 aliphatic carbocycles.